The van der Waals surface area contributed by atoms with Crippen LogP contribution in [0.2, 0.25) is 0 Å². The molecule has 1 aliphatic rings. The van der Waals surface area contributed by atoms with Gasteiger partial charge in [-0.2, -0.15) is 0 Å². The fourth-order valence-electron chi connectivity index (χ4n) is 4.54. The van der Waals surface area contributed by atoms with E-state index in [1.165, 1.54) is 0 Å². The Morgan fingerprint density at radius 1 is 1.06 bits per heavy atom. The topological polar surface area (TPSA) is 85.3 Å². The highest BCUT2D eigenvalue weighted by molar-refractivity contribution is 5.97. The van der Waals surface area contributed by atoms with Crippen molar-refractivity contribution < 1.29 is 14.3 Å². The van der Waals surface area contributed by atoms with Gasteiger partial charge in [0.25, 0.3) is 0 Å². The van der Waals surface area contributed by atoms with Crippen LogP contribution >= 0.6 is 0 Å². The van der Waals surface area contributed by atoms with Crippen molar-refractivity contribution in [2.24, 2.45) is 13.0 Å². The number of rotatable bonds is 7. The number of aryl methyl sites for hydroxylation is 1. The van der Waals surface area contributed by atoms with E-state index in [1.807, 2.05) is 87.0 Å². The van der Waals surface area contributed by atoms with Crippen LogP contribution < -0.4 is 10.6 Å². The molecule has 2 amide bonds. The average Bonchev–Trinajstić information content (AvgIpc) is 3.20. The van der Waals surface area contributed by atoms with Crippen molar-refractivity contribution in [1.29, 1.82) is 0 Å². The molecule has 0 bridgehead atoms. The number of nitrogens with one attached hydrogen (secondary N) is 2. The van der Waals surface area contributed by atoms with Crippen molar-refractivity contribution >= 4 is 17.7 Å². The summed E-state index contributed by atoms with van der Waals surface area (Å²) in [7, 11) is 1.94. The Labute approximate surface area is 206 Å². The van der Waals surface area contributed by atoms with Gasteiger partial charge in [-0.05, 0) is 62.8 Å². The molecule has 1 aliphatic carbocycles. The molecule has 0 saturated heterocycles. The molecular weight excluding hydrogens is 440 g/mol. The van der Waals surface area contributed by atoms with Crippen LogP contribution in [0.5, 0.6) is 0 Å². The molecule has 7 nitrogen and oxygen atoms in total. The summed E-state index contributed by atoms with van der Waals surface area (Å²) in [5.41, 5.74) is 3.03. The molecule has 3 aromatic rings. The SMILES string of the molecule is Cn1cncc1-c1ccc(NC(=O)C(NC(=O)OC(C)(C)C)C(c2ccccc2)C2CCC2)cc1. The van der Waals surface area contributed by atoms with Crippen molar-refractivity contribution in [1.82, 2.24) is 14.9 Å². The Morgan fingerprint density at radius 2 is 1.74 bits per heavy atom. The molecule has 1 aromatic heterocycles. The zero-order valence-corrected chi connectivity index (χ0v) is 20.8. The predicted octanol–water partition coefficient (Wildman–Crippen LogP) is 5.50. The van der Waals surface area contributed by atoms with E-state index in [9.17, 15) is 9.59 Å². The number of carbonyl (C=O) groups is 2. The van der Waals surface area contributed by atoms with Crippen molar-refractivity contribution in [2.45, 2.75) is 57.6 Å². The Hall–Kier alpha value is -3.61. The Balaban J connectivity index is 1.59. The number of nitrogens with zero attached hydrogens (tertiary/aromatic N) is 2. The van der Waals surface area contributed by atoms with Crippen LogP contribution in [0.4, 0.5) is 10.5 Å². The number of imidazole rings is 1. The van der Waals surface area contributed by atoms with E-state index < -0.39 is 17.7 Å². The van der Waals surface area contributed by atoms with Crippen LogP contribution in [0.1, 0.15) is 51.5 Å². The number of ether oxygens (including phenoxy) is 1. The fourth-order valence-corrected chi connectivity index (χ4v) is 4.54. The number of hydrogen-bond donors (Lipinski definition) is 2. The van der Waals surface area contributed by atoms with Crippen LogP contribution in [0, 0.1) is 5.92 Å². The lowest BCUT2D eigenvalue weighted by molar-refractivity contribution is -0.119. The summed E-state index contributed by atoms with van der Waals surface area (Å²) < 4.78 is 7.46. The van der Waals surface area contributed by atoms with Gasteiger partial charge in [0.2, 0.25) is 5.91 Å². The van der Waals surface area contributed by atoms with Crippen LogP contribution in [0.25, 0.3) is 11.3 Å². The van der Waals surface area contributed by atoms with E-state index in [1.54, 1.807) is 12.5 Å². The van der Waals surface area contributed by atoms with E-state index in [0.717, 1.165) is 36.1 Å². The lowest BCUT2D eigenvalue weighted by atomic mass is 9.69. The maximum Gasteiger partial charge on any atom is 0.408 e. The molecule has 1 fully saturated rings. The Bertz CT molecular complexity index is 1140. The molecule has 0 radical (unpaired) electrons. The second-order valence-electron chi connectivity index (χ2n) is 10.2. The summed E-state index contributed by atoms with van der Waals surface area (Å²) in [6, 6.07) is 16.8. The molecule has 1 heterocycles. The fraction of sp³-hybridized carbons (Fsp3) is 0.393. The second-order valence-corrected chi connectivity index (χ2v) is 10.2. The molecule has 2 atom stereocenters. The second kappa shape index (κ2) is 10.3. The molecule has 2 N–H and O–H groups in total. The monoisotopic (exact) mass is 474 g/mol. The van der Waals surface area contributed by atoms with Gasteiger partial charge in [0.05, 0.1) is 18.2 Å². The summed E-state index contributed by atoms with van der Waals surface area (Å²) in [5.74, 6) is -0.0913. The number of amides is 2. The highest BCUT2D eigenvalue weighted by Crippen LogP contribution is 2.41. The van der Waals surface area contributed by atoms with Crippen LogP contribution in [-0.2, 0) is 16.6 Å². The molecule has 7 heteroatoms. The smallest absolute Gasteiger partial charge is 0.408 e. The van der Waals surface area contributed by atoms with Gasteiger partial charge in [0, 0.05) is 18.7 Å². The zero-order chi connectivity index (χ0) is 25.0. The number of anilines is 1. The number of aromatic nitrogens is 2. The van der Waals surface area contributed by atoms with Gasteiger partial charge in [0.15, 0.2) is 0 Å². The van der Waals surface area contributed by atoms with Crippen LogP contribution in [0.3, 0.4) is 0 Å². The van der Waals surface area contributed by atoms with Gasteiger partial charge in [-0.3, -0.25) is 4.79 Å². The normalized spacial score (nSPS) is 15.5. The van der Waals surface area contributed by atoms with Crippen molar-refractivity contribution in [3.05, 3.63) is 72.7 Å². The lowest BCUT2D eigenvalue weighted by Crippen LogP contribution is -2.51. The third kappa shape index (κ3) is 6.10. The Kier molecular flexibility index (Phi) is 7.24. The first-order chi connectivity index (χ1) is 16.7. The van der Waals surface area contributed by atoms with Crippen molar-refractivity contribution in [3.8, 4) is 11.3 Å². The van der Waals surface area contributed by atoms with Crippen LogP contribution in [-0.4, -0.2) is 33.2 Å². The third-order valence-electron chi connectivity index (χ3n) is 6.42. The minimum absolute atomic E-state index is 0.147. The molecule has 1 saturated carbocycles. The lowest BCUT2D eigenvalue weighted by Gasteiger charge is -2.38. The highest BCUT2D eigenvalue weighted by Gasteiger charge is 2.39. The predicted molar refractivity (Wildman–Crippen MR) is 137 cm³/mol. The maximum atomic E-state index is 13.6. The highest BCUT2D eigenvalue weighted by atomic mass is 16.6. The first-order valence-electron chi connectivity index (χ1n) is 12.1. The first kappa shape index (κ1) is 24.5. The molecule has 0 spiro atoms. The standard InChI is InChI=1S/C28H34N4O3/c1-28(2,3)35-27(34)31-25(24(21-11-8-12-21)20-9-6-5-7-10-20)26(33)30-22-15-13-19(14-16-22)23-17-29-18-32(23)4/h5-7,9-10,13-18,21,24-25H,8,11-12H2,1-4H3,(H,30,33)(H,31,34). The van der Waals surface area contributed by atoms with Gasteiger partial charge in [-0.15, -0.1) is 0 Å². The average molecular weight is 475 g/mol. The largest absolute Gasteiger partial charge is 0.444 e. The zero-order valence-electron chi connectivity index (χ0n) is 20.8. The number of benzene rings is 2. The molecule has 184 valence electrons. The van der Waals surface area contributed by atoms with Gasteiger partial charge in [-0.25, -0.2) is 9.78 Å². The van der Waals surface area contributed by atoms with Crippen molar-refractivity contribution in [3.63, 3.8) is 0 Å². The van der Waals surface area contributed by atoms with Gasteiger partial charge >= 0.3 is 6.09 Å². The number of carbonyl (C=O) groups excluding carboxylic acids is 2. The third-order valence-corrected chi connectivity index (χ3v) is 6.42. The first-order valence-corrected chi connectivity index (χ1v) is 12.1. The van der Waals surface area contributed by atoms with E-state index >= 15 is 0 Å². The van der Waals surface area contributed by atoms with Gasteiger partial charge < -0.3 is 19.9 Å². The molecule has 4 rings (SSSR count). The molecule has 2 unspecified atom stereocenters. The van der Waals surface area contributed by atoms with Crippen LogP contribution in [0.15, 0.2) is 67.1 Å². The summed E-state index contributed by atoms with van der Waals surface area (Å²) in [4.78, 5) is 30.6. The number of hydrogen-bond acceptors (Lipinski definition) is 4. The minimum Gasteiger partial charge on any atom is -0.444 e. The summed E-state index contributed by atoms with van der Waals surface area (Å²) in [6.45, 7) is 5.43. The summed E-state index contributed by atoms with van der Waals surface area (Å²) in [6.07, 6.45) is 6.14. The quantitative estimate of drug-likeness (QED) is 0.473. The van der Waals surface area contributed by atoms with E-state index in [2.05, 4.69) is 15.6 Å². The minimum atomic E-state index is -0.769. The molecule has 35 heavy (non-hydrogen) atoms. The van der Waals surface area contributed by atoms with Gasteiger partial charge in [-0.1, -0.05) is 48.9 Å². The van der Waals surface area contributed by atoms with E-state index in [-0.39, 0.29) is 11.8 Å². The summed E-state index contributed by atoms with van der Waals surface area (Å²) in [5, 5.41) is 5.92. The molecule has 0 aliphatic heterocycles. The number of alkyl carbamates (subject to hydrolysis) is 1. The van der Waals surface area contributed by atoms with E-state index in [4.69, 9.17) is 4.74 Å². The van der Waals surface area contributed by atoms with E-state index in [0.29, 0.717) is 11.6 Å². The van der Waals surface area contributed by atoms with Gasteiger partial charge in [0.1, 0.15) is 11.6 Å². The molecule has 2 aromatic carbocycles. The maximum absolute atomic E-state index is 13.6. The van der Waals surface area contributed by atoms with Crippen molar-refractivity contribution in [2.75, 3.05) is 5.32 Å². The molecular formula is C28H34N4O3. The summed E-state index contributed by atoms with van der Waals surface area (Å²) >= 11 is 0. The Morgan fingerprint density at radius 3 is 2.29 bits per heavy atom.